The fourth-order valence-electron chi connectivity index (χ4n) is 3.03. The Labute approximate surface area is 201 Å². The number of hydrogen-bond acceptors (Lipinski definition) is 9. The van der Waals surface area contributed by atoms with Crippen molar-refractivity contribution in [1.29, 1.82) is 0 Å². The van der Waals surface area contributed by atoms with E-state index in [-0.39, 0.29) is 16.5 Å². The first kappa shape index (κ1) is 26.8. The first-order valence-corrected chi connectivity index (χ1v) is 13.5. The van der Waals surface area contributed by atoms with E-state index in [2.05, 4.69) is 44.2 Å². The van der Waals surface area contributed by atoms with E-state index in [4.69, 9.17) is 23.4 Å². The molecule has 0 fully saturated rings. The van der Waals surface area contributed by atoms with Gasteiger partial charge in [-0.2, -0.15) is 0 Å². The molecule has 2 N–H and O–H groups in total. The van der Waals surface area contributed by atoms with Crippen molar-refractivity contribution in [2.45, 2.75) is 38.9 Å². The van der Waals surface area contributed by atoms with E-state index < -0.39 is 8.32 Å². The Balaban J connectivity index is 2.62. The molecule has 0 unspecified atom stereocenters. The predicted octanol–water partition coefficient (Wildman–Crippen LogP) is 5.16. The number of nitrogens with zero attached hydrogens (tertiary/aromatic N) is 2. The summed E-state index contributed by atoms with van der Waals surface area (Å²) in [5.41, 5.74) is 0.843. The maximum Gasteiger partial charge on any atom is 0.250 e. The number of oxime groups is 2. The van der Waals surface area contributed by atoms with Crippen molar-refractivity contribution in [3.8, 4) is 28.7 Å². The second-order valence-corrected chi connectivity index (χ2v) is 13.8. The summed E-state index contributed by atoms with van der Waals surface area (Å²) in [6.07, 6.45) is 0. The van der Waals surface area contributed by atoms with E-state index in [1.165, 1.54) is 21.3 Å². The number of methoxy groups -OCH3 is 4. The minimum absolute atomic E-state index is 0.00908. The van der Waals surface area contributed by atoms with E-state index in [0.29, 0.717) is 39.9 Å². The van der Waals surface area contributed by atoms with Gasteiger partial charge in [0.25, 0.3) is 8.32 Å². The highest BCUT2D eigenvalue weighted by Crippen LogP contribution is 2.41. The Kier molecular flexibility index (Phi) is 8.44. The van der Waals surface area contributed by atoms with Crippen molar-refractivity contribution < 1.29 is 33.8 Å². The minimum atomic E-state index is -2.20. The fourth-order valence-corrected chi connectivity index (χ4v) is 4.05. The summed E-state index contributed by atoms with van der Waals surface area (Å²) in [6, 6.07) is 8.30. The van der Waals surface area contributed by atoms with Crippen LogP contribution in [0.25, 0.3) is 0 Å². The summed E-state index contributed by atoms with van der Waals surface area (Å²) < 4.78 is 28.1. The molecule has 0 radical (unpaired) electrons. The Morgan fingerprint density at radius 3 is 1.59 bits per heavy atom. The maximum absolute atomic E-state index is 9.92. The van der Waals surface area contributed by atoms with Crippen LogP contribution < -0.4 is 23.4 Å². The lowest BCUT2D eigenvalue weighted by molar-refractivity contribution is 0.314. The Bertz CT molecular complexity index is 1050. The fraction of sp³-hybridized carbons (Fsp3) is 0.417. The second kappa shape index (κ2) is 10.7. The summed E-state index contributed by atoms with van der Waals surface area (Å²) in [5, 5.41) is 26.6. The monoisotopic (exact) mass is 490 g/mol. The molecule has 0 bridgehead atoms. The minimum Gasteiger partial charge on any atom is -0.541 e. The van der Waals surface area contributed by atoms with Gasteiger partial charge in [0.1, 0.15) is 17.2 Å². The standard InChI is InChI=1S/C24H34N2O7Si/c1-24(2,3)34(8,9)33-18-12-15(10-11-17(18)29-4)21(25-27)22(26-28)16-13-19(30-5)23(32-7)20(14-16)31-6/h10-14,27-28H,1-9H3/b25-21+,26-22+. The van der Waals surface area contributed by atoms with Crippen LogP contribution in [0.4, 0.5) is 0 Å². The molecule has 0 aliphatic carbocycles. The highest BCUT2D eigenvalue weighted by molar-refractivity contribution is 6.74. The highest BCUT2D eigenvalue weighted by Gasteiger charge is 2.39. The van der Waals surface area contributed by atoms with E-state index in [1.54, 1.807) is 37.4 Å². The molecule has 2 aromatic rings. The summed E-state index contributed by atoms with van der Waals surface area (Å²) in [6.45, 7) is 10.7. The molecule has 9 nitrogen and oxygen atoms in total. The van der Waals surface area contributed by atoms with E-state index in [9.17, 15) is 10.4 Å². The van der Waals surface area contributed by atoms with Crippen molar-refractivity contribution in [2.24, 2.45) is 10.3 Å². The van der Waals surface area contributed by atoms with Gasteiger partial charge in [-0.05, 0) is 48.5 Å². The number of ether oxygens (including phenoxy) is 4. The Morgan fingerprint density at radius 2 is 1.18 bits per heavy atom. The van der Waals surface area contributed by atoms with Crippen LogP contribution in [-0.2, 0) is 0 Å². The highest BCUT2D eigenvalue weighted by atomic mass is 28.4. The summed E-state index contributed by atoms with van der Waals surface area (Å²) in [4.78, 5) is 0. The summed E-state index contributed by atoms with van der Waals surface area (Å²) >= 11 is 0. The Morgan fingerprint density at radius 1 is 0.706 bits per heavy atom. The second-order valence-electron chi connectivity index (χ2n) is 9.04. The summed E-state index contributed by atoms with van der Waals surface area (Å²) in [7, 11) is 3.80. The van der Waals surface area contributed by atoms with Crippen LogP contribution in [0.3, 0.4) is 0 Å². The maximum atomic E-state index is 9.92. The third-order valence-electron chi connectivity index (χ3n) is 5.97. The zero-order valence-electron chi connectivity index (χ0n) is 21.2. The molecular weight excluding hydrogens is 456 g/mol. The molecule has 10 heteroatoms. The lowest BCUT2D eigenvalue weighted by atomic mass is 9.98. The van der Waals surface area contributed by atoms with Gasteiger partial charge < -0.3 is 33.8 Å². The molecule has 0 aliphatic rings. The van der Waals surface area contributed by atoms with Crippen LogP contribution in [0.15, 0.2) is 40.6 Å². The van der Waals surface area contributed by atoms with Gasteiger partial charge in [-0.25, -0.2) is 0 Å². The van der Waals surface area contributed by atoms with Crippen LogP contribution in [-0.4, -0.2) is 58.6 Å². The van der Waals surface area contributed by atoms with Crippen LogP contribution >= 0.6 is 0 Å². The zero-order valence-corrected chi connectivity index (χ0v) is 22.2. The van der Waals surface area contributed by atoms with Crippen LogP contribution in [0, 0.1) is 0 Å². The lowest BCUT2D eigenvalue weighted by Gasteiger charge is -2.36. The molecule has 0 saturated heterocycles. The first-order valence-electron chi connectivity index (χ1n) is 10.6. The molecule has 0 spiro atoms. The Hall–Kier alpha value is -3.40. The van der Waals surface area contributed by atoms with Crippen molar-refractivity contribution in [2.75, 3.05) is 28.4 Å². The molecule has 2 aromatic carbocycles. The van der Waals surface area contributed by atoms with Crippen molar-refractivity contribution >= 4 is 19.7 Å². The molecular formula is C24H34N2O7Si. The van der Waals surface area contributed by atoms with Crippen LogP contribution in [0.2, 0.25) is 18.1 Å². The quantitative estimate of drug-likeness (QED) is 0.216. The van der Waals surface area contributed by atoms with Gasteiger partial charge in [-0.3, -0.25) is 0 Å². The third kappa shape index (κ3) is 5.38. The van der Waals surface area contributed by atoms with Crippen LogP contribution in [0.1, 0.15) is 31.9 Å². The first-order chi connectivity index (χ1) is 16.0. The average molecular weight is 491 g/mol. The summed E-state index contributed by atoms with van der Waals surface area (Å²) in [5.74, 6) is 2.14. The van der Waals surface area contributed by atoms with E-state index in [1.807, 2.05) is 0 Å². The SMILES string of the molecule is COc1ccc(C(=N\O)/C(=N/O)c2cc(OC)c(OC)c(OC)c2)cc1O[Si](C)(C)C(C)(C)C. The normalized spacial score (nSPS) is 12.9. The molecule has 2 rings (SSSR count). The van der Waals surface area contributed by atoms with Crippen molar-refractivity contribution in [3.05, 3.63) is 41.5 Å². The largest absolute Gasteiger partial charge is 0.541 e. The third-order valence-corrected chi connectivity index (χ3v) is 10.3. The van der Waals surface area contributed by atoms with Gasteiger partial charge in [0.15, 0.2) is 17.2 Å². The van der Waals surface area contributed by atoms with Gasteiger partial charge in [0.2, 0.25) is 5.75 Å². The van der Waals surface area contributed by atoms with Gasteiger partial charge >= 0.3 is 0 Å². The van der Waals surface area contributed by atoms with Gasteiger partial charge in [-0.1, -0.05) is 31.1 Å². The molecule has 186 valence electrons. The number of benzene rings is 2. The zero-order chi connectivity index (χ0) is 25.7. The molecule has 0 aromatic heterocycles. The van der Waals surface area contributed by atoms with Gasteiger partial charge in [0, 0.05) is 11.1 Å². The van der Waals surface area contributed by atoms with Gasteiger partial charge in [0.05, 0.1) is 28.4 Å². The topological polar surface area (TPSA) is 111 Å². The molecule has 0 saturated carbocycles. The van der Waals surface area contributed by atoms with Crippen molar-refractivity contribution in [3.63, 3.8) is 0 Å². The number of hydrogen-bond donors (Lipinski definition) is 2. The average Bonchev–Trinajstić information content (AvgIpc) is 2.80. The predicted molar refractivity (Wildman–Crippen MR) is 134 cm³/mol. The van der Waals surface area contributed by atoms with E-state index >= 15 is 0 Å². The molecule has 0 aliphatic heterocycles. The van der Waals surface area contributed by atoms with Crippen molar-refractivity contribution in [1.82, 2.24) is 0 Å². The lowest BCUT2D eigenvalue weighted by Crippen LogP contribution is -2.44. The molecule has 0 heterocycles. The molecule has 0 amide bonds. The molecule has 34 heavy (non-hydrogen) atoms. The van der Waals surface area contributed by atoms with E-state index in [0.717, 1.165) is 0 Å². The molecule has 0 atom stereocenters. The number of rotatable bonds is 9. The smallest absolute Gasteiger partial charge is 0.250 e. The van der Waals surface area contributed by atoms with Crippen LogP contribution in [0.5, 0.6) is 28.7 Å². The van der Waals surface area contributed by atoms with Gasteiger partial charge in [-0.15, -0.1) is 0 Å².